The smallest absolute Gasteiger partial charge is 0.240 e. The van der Waals surface area contributed by atoms with Crippen LogP contribution >= 0.6 is 27.5 Å². The fourth-order valence-electron chi connectivity index (χ4n) is 1.23. The van der Waals surface area contributed by atoms with Crippen LogP contribution in [0.5, 0.6) is 0 Å². The van der Waals surface area contributed by atoms with E-state index >= 15 is 0 Å². The highest BCUT2D eigenvalue weighted by Crippen LogP contribution is 2.25. The van der Waals surface area contributed by atoms with Crippen LogP contribution in [0.1, 0.15) is 13.3 Å². The molecule has 0 aromatic heterocycles. The normalized spacial score (nSPS) is 13.6. The molecule has 1 aromatic rings. The van der Waals surface area contributed by atoms with Crippen LogP contribution < -0.4 is 4.72 Å². The number of hydrogen-bond acceptors (Lipinski definition) is 3. The van der Waals surface area contributed by atoms with Gasteiger partial charge in [0.15, 0.2) is 0 Å². The van der Waals surface area contributed by atoms with Crippen molar-refractivity contribution in [3.05, 3.63) is 27.7 Å². The van der Waals surface area contributed by atoms with Gasteiger partial charge in [0.1, 0.15) is 0 Å². The van der Waals surface area contributed by atoms with Crippen molar-refractivity contribution >= 4 is 37.6 Å². The number of sulfonamides is 1. The van der Waals surface area contributed by atoms with Gasteiger partial charge in [0.2, 0.25) is 10.0 Å². The molecule has 1 atom stereocenters. The SMILES string of the molecule is CC(CCO)NS(=O)(=O)c1ccc(Cl)c(Br)c1. The van der Waals surface area contributed by atoms with E-state index in [1.54, 1.807) is 6.92 Å². The number of benzene rings is 1. The van der Waals surface area contributed by atoms with Crippen LogP contribution in [0.2, 0.25) is 5.02 Å². The van der Waals surface area contributed by atoms with Crippen molar-refractivity contribution in [2.45, 2.75) is 24.3 Å². The molecular weight excluding hydrogens is 330 g/mol. The van der Waals surface area contributed by atoms with E-state index in [1.165, 1.54) is 18.2 Å². The lowest BCUT2D eigenvalue weighted by Crippen LogP contribution is -2.33. The molecule has 0 bridgehead atoms. The third kappa shape index (κ3) is 4.22. The van der Waals surface area contributed by atoms with Gasteiger partial charge in [-0.15, -0.1) is 0 Å². The summed E-state index contributed by atoms with van der Waals surface area (Å²) in [6, 6.07) is 4.06. The summed E-state index contributed by atoms with van der Waals surface area (Å²) in [6.07, 6.45) is 0.369. The standard InChI is InChI=1S/C10H13BrClNO3S/c1-7(4-5-14)13-17(15,16)8-2-3-10(12)9(11)6-8/h2-3,6-7,13-14H,4-5H2,1H3. The van der Waals surface area contributed by atoms with Crippen molar-refractivity contribution < 1.29 is 13.5 Å². The molecular formula is C10H13BrClNO3S. The Labute approximate surface area is 114 Å². The molecule has 17 heavy (non-hydrogen) atoms. The Morgan fingerprint density at radius 2 is 2.18 bits per heavy atom. The van der Waals surface area contributed by atoms with E-state index < -0.39 is 10.0 Å². The molecule has 4 nitrogen and oxygen atoms in total. The van der Waals surface area contributed by atoms with Gasteiger partial charge in [0.05, 0.1) is 9.92 Å². The van der Waals surface area contributed by atoms with Gasteiger partial charge in [0, 0.05) is 17.1 Å². The molecule has 2 N–H and O–H groups in total. The van der Waals surface area contributed by atoms with Gasteiger partial charge < -0.3 is 5.11 Å². The van der Waals surface area contributed by atoms with Gasteiger partial charge in [-0.3, -0.25) is 0 Å². The van der Waals surface area contributed by atoms with E-state index in [0.717, 1.165) is 0 Å². The van der Waals surface area contributed by atoms with Crippen LogP contribution in [-0.4, -0.2) is 26.2 Å². The molecule has 1 unspecified atom stereocenters. The Balaban J connectivity index is 2.93. The van der Waals surface area contributed by atoms with Crippen LogP contribution in [0, 0.1) is 0 Å². The highest BCUT2D eigenvalue weighted by Gasteiger charge is 2.17. The largest absolute Gasteiger partial charge is 0.396 e. The first kappa shape index (κ1) is 14.9. The molecule has 0 aliphatic heterocycles. The third-order valence-electron chi connectivity index (χ3n) is 2.12. The summed E-state index contributed by atoms with van der Waals surface area (Å²) in [6.45, 7) is 1.63. The lowest BCUT2D eigenvalue weighted by molar-refractivity contribution is 0.275. The molecule has 0 aliphatic carbocycles. The third-order valence-corrected chi connectivity index (χ3v) is 4.92. The Bertz CT molecular complexity index is 492. The van der Waals surface area contributed by atoms with E-state index in [-0.39, 0.29) is 17.5 Å². The van der Waals surface area contributed by atoms with Crippen molar-refractivity contribution in [1.29, 1.82) is 0 Å². The average molecular weight is 343 g/mol. The molecule has 0 spiro atoms. The molecule has 0 aliphatic rings. The maximum Gasteiger partial charge on any atom is 0.240 e. The Morgan fingerprint density at radius 3 is 2.71 bits per heavy atom. The van der Waals surface area contributed by atoms with Crippen LogP contribution in [0.4, 0.5) is 0 Å². The lowest BCUT2D eigenvalue weighted by Gasteiger charge is -2.13. The Hall–Kier alpha value is -0.140. The maximum absolute atomic E-state index is 11.9. The summed E-state index contributed by atoms with van der Waals surface area (Å²) in [5.41, 5.74) is 0. The predicted octanol–water partition coefficient (Wildman–Crippen LogP) is 2.15. The summed E-state index contributed by atoms with van der Waals surface area (Å²) in [7, 11) is -3.57. The number of aliphatic hydroxyl groups excluding tert-OH is 1. The molecule has 0 heterocycles. The van der Waals surface area contributed by atoms with Gasteiger partial charge in [0.25, 0.3) is 0 Å². The number of aliphatic hydroxyl groups is 1. The second kappa shape index (κ2) is 6.15. The highest BCUT2D eigenvalue weighted by atomic mass is 79.9. The van der Waals surface area contributed by atoms with Crippen LogP contribution in [0.25, 0.3) is 0 Å². The van der Waals surface area contributed by atoms with Crippen LogP contribution in [0.3, 0.4) is 0 Å². The van der Waals surface area contributed by atoms with Crippen molar-refractivity contribution in [3.8, 4) is 0 Å². The monoisotopic (exact) mass is 341 g/mol. The van der Waals surface area contributed by atoms with E-state index in [0.29, 0.717) is 15.9 Å². The molecule has 0 amide bonds. The van der Waals surface area contributed by atoms with E-state index in [2.05, 4.69) is 20.7 Å². The van der Waals surface area contributed by atoms with Gasteiger partial charge in [-0.25, -0.2) is 13.1 Å². The fourth-order valence-corrected chi connectivity index (χ4v) is 3.18. The molecule has 1 aromatic carbocycles. The second-order valence-corrected chi connectivity index (χ2v) is 6.59. The van der Waals surface area contributed by atoms with E-state index in [9.17, 15) is 8.42 Å². The minimum atomic E-state index is -3.57. The molecule has 1 rings (SSSR count). The van der Waals surface area contributed by atoms with Crippen molar-refractivity contribution in [3.63, 3.8) is 0 Å². The topological polar surface area (TPSA) is 66.4 Å². The molecule has 0 saturated heterocycles. The van der Waals surface area contributed by atoms with Crippen molar-refractivity contribution in [2.75, 3.05) is 6.61 Å². The molecule has 0 radical (unpaired) electrons. The zero-order chi connectivity index (χ0) is 13.1. The summed E-state index contributed by atoms with van der Waals surface area (Å²) in [4.78, 5) is 0.138. The summed E-state index contributed by atoms with van der Waals surface area (Å²) < 4.78 is 26.8. The molecule has 96 valence electrons. The Kier molecular flexibility index (Phi) is 5.40. The van der Waals surface area contributed by atoms with Crippen LogP contribution in [-0.2, 0) is 10.0 Å². The summed E-state index contributed by atoms with van der Waals surface area (Å²) in [5.74, 6) is 0. The zero-order valence-electron chi connectivity index (χ0n) is 9.15. The number of nitrogens with one attached hydrogen (secondary N) is 1. The van der Waals surface area contributed by atoms with Gasteiger partial charge in [-0.05, 0) is 47.5 Å². The predicted molar refractivity (Wildman–Crippen MR) is 70.6 cm³/mol. The lowest BCUT2D eigenvalue weighted by atomic mass is 10.3. The molecule has 0 fully saturated rings. The minimum Gasteiger partial charge on any atom is -0.396 e. The Morgan fingerprint density at radius 1 is 1.53 bits per heavy atom. The maximum atomic E-state index is 11.9. The number of hydrogen-bond donors (Lipinski definition) is 2. The second-order valence-electron chi connectivity index (χ2n) is 3.61. The zero-order valence-corrected chi connectivity index (χ0v) is 12.3. The number of rotatable bonds is 5. The van der Waals surface area contributed by atoms with Gasteiger partial charge in [-0.1, -0.05) is 11.6 Å². The first-order valence-corrected chi connectivity index (χ1v) is 7.60. The number of halogens is 2. The van der Waals surface area contributed by atoms with E-state index in [1.807, 2.05) is 0 Å². The van der Waals surface area contributed by atoms with Crippen molar-refractivity contribution in [2.24, 2.45) is 0 Å². The molecule has 7 heteroatoms. The summed E-state index contributed by atoms with van der Waals surface area (Å²) >= 11 is 8.96. The van der Waals surface area contributed by atoms with Crippen LogP contribution in [0.15, 0.2) is 27.6 Å². The summed E-state index contributed by atoms with van der Waals surface area (Å²) in [5, 5.41) is 9.18. The minimum absolute atomic E-state index is 0.0615. The quantitative estimate of drug-likeness (QED) is 0.861. The first-order chi connectivity index (χ1) is 7.86. The van der Waals surface area contributed by atoms with E-state index in [4.69, 9.17) is 16.7 Å². The average Bonchev–Trinajstić information content (AvgIpc) is 2.21. The van der Waals surface area contributed by atoms with Gasteiger partial charge >= 0.3 is 0 Å². The first-order valence-electron chi connectivity index (χ1n) is 4.95. The fraction of sp³-hybridized carbons (Fsp3) is 0.400. The highest BCUT2D eigenvalue weighted by molar-refractivity contribution is 9.10. The van der Waals surface area contributed by atoms with Gasteiger partial charge in [-0.2, -0.15) is 0 Å². The van der Waals surface area contributed by atoms with Crippen molar-refractivity contribution in [1.82, 2.24) is 4.72 Å². The molecule has 0 saturated carbocycles.